The molecule has 0 amide bonds. The van der Waals surface area contributed by atoms with E-state index in [1.807, 2.05) is 12.1 Å². The molecule has 0 radical (unpaired) electrons. The molecule has 0 atom stereocenters. The number of benzene rings is 1. The van der Waals surface area contributed by atoms with Crippen LogP contribution in [0.4, 0.5) is 0 Å². The maximum absolute atomic E-state index is 8.68. The summed E-state index contributed by atoms with van der Waals surface area (Å²) in [6, 6.07) is 6.04. The van der Waals surface area contributed by atoms with E-state index < -0.39 is 0 Å². The van der Waals surface area contributed by atoms with E-state index in [-0.39, 0.29) is 6.61 Å². The fourth-order valence-corrected chi connectivity index (χ4v) is 2.46. The lowest BCUT2D eigenvalue weighted by Gasteiger charge is -2.18. The van der Waals surface area contributed by atoms with Crippen LogP contribution >= 0.6 is 11.8 Å². The molecule has 0 saturated heterocycles. The molecule has 16 heavy (non-hydrogen) atoms. The summed E-state index contributed by atoms with van der Waals surface area (Å²) in [7, 11) is 0. The van der Waals surface area contributed by atoms with Gasteiger partial charge in [0.15, 0.2) is 11.5 Å². The first-order valence-electron chi connectivity index (χ1n) is 5.53. The highest BCUT2D eigenvalue weighted by molar-refractivity contribution is 7.99. The van der Waals surface area contributed by atoms with Crippen molar-refractivity contribution in [3.8, 4) is 11.5 Å². The van der Waals surface area contributed by atoms with Crippen LogP contribution in [-0.4, -0.2) is 30.7 Å². The van der Waals surface area contributed by atoms with E-state index >= 15 is 0 Å². The average Bonchev–Trinajstić information content (AvgIpc) is 2.34. The van der Waals surface area contributed by atoms with E-state index in [0.717, 1.165) is 30.1 Å². The SMILES string of the molecule is OCCCCSc1ccc2c(c1)OCCO2. The first kappa shape index (κ1) is 11.6. The largest absolute Gasteiger partial charge is 0.486 e. The summed E-state index contributed by atoms with van der Waals surface area (Å²) in [5.74, 6) is 2.71. The molecule has 1 heterocycles. The highest BCUT2D eigenvalue weighted by Crippen LogP contribution is 2.34. The summed E-state index contributed by atoms with van der Waals surface area (Å²) in [4.78, 5) is 1.20. The van der Waals surface area contributed by atoms with Crippen molar-refractivity contribution in [3.63, 3.8) is 0 Å². The Morgan fingerprint density at radius 3 is 2.75 bits per heavy atom. The highest BCUT2D eigenvalue weighted by atomic mass is 32.2. The van der Waals surface area contributed by atoms with Crippen molar-refractivity contribution in [1.82, 2.24) is 0 Å². The Bertz CT molecular complexity index is 341. The van der Waals surface area contributed by atoms with E-state index in [2.05, 4.69) is 6.07 Å². The molecular formula is C12H16O3S. The van der Waals surface area contributed by atoms with Crippen molar-refractivity contribution in [2.45, 2.75) is 17.7 Å². The molecule has 1 aliphatic rings. The summed E-state index contributed by atoms with van der Waals surface area (Å²) < 4.78 is 11.0. The average molecular weight is 240 g/mol. The van der Waals surface area contributed by atoms with Gasteiger partial charge in [-0.1, -0.05) is 0 Å². The summed E-state index contributed by atoms with van der Waals surface area (Å²) in [6.07, 6.45) is 1.91. The molecule has 0 fully saturated rings. The van der Waals surface area contributed by atoms with Crippen molar-refractivity contribution in [1.29, 1.82) is 0 Å². The van der Waals surface area contributed by atoms with Crippen LogP contribution < -0.4 is 9.47 Å². The van der Waals surface area contributed by atoms with Gasteiger partial charge in [-0.05, 0) is 36.8 Å². The molecule has 1 N–H and O–H groups in total. The van der Waals surface area contributed by atoms with Gasteiger partial charge in [0.05, 0.1) is 0 Å². The lowest BCUT2D eigenvalue weighted by Crippen LogP contribution is -2.15. The van der Waals surface area contributed by atoms with Crippen LogP contribution in [0.1, 0.15) is 12.8 Å². The van der Waals surface area contributed by atoms with E-state index in [9.17, 15) is 0 Å². The molecule has 1 aliphatic heterocycles. The zero-order valence-corrected chi connectivity index (χ0v) is 9.96. The van der Waals surface area contributed by atoms with E-state index in [0.29, 0.717) is 13.2 Å². The molecule has 0 saturated carbocycles. The third-order valence-electron chi connectivity index (χ3n) is 2.33. The van der Waals surface area contributed by atoms with Crippen LogP contribution in [0.15, 0.2) is 23.1 Å². The van der Waals surface area contributed by atoms with E-state index in [4.69, 9.17) is 14.6 Å². The van der Waals surface area contributed by atoms with Crippen LogP contribution in [0.25, 0.3) is 0 Å². The molecule has 1 aromatic carbocycles. The fraction of sp³-hybridized carbons (Fsp3) is 0.500. The van der Waals surface area contributed by atoms with Gasteiger partial charge >= 0.3 is 0 Å². The summed E-state index contributed by atoms with van der Waals surface area (Å²) in [5.41, 5.74) is 0. The number of aliphatic hydroxyl groups excluding tert-OH is 1. The molecule has 0 unspecified atom stereocenters. The Morgan fingerprint density at radius 2 is 1.94 bits per heavy atom. The molecule has 88 valence electrons. The van der Waals surface area contributed by atoms with Gasteiger partial charge < -0.3 is 14.6 Å². The summed E-state index contributed by atoms with van der Waals surface area (Å²) in [5, 5.41) is 8.68. The minimum Gasteiger partial charge on any atom is -0.486 e. The quantitative estimate of drug-likeness (QED) is 0.633. The Labute approximate surface area is 99.8 Å². The number of unbranched alkanes of at least 4 members (excludes halogenated alkanes) is 1. The van der Waals surface area contributed by atoms with Gasteiger partial charge in [-0.3, -0.25) is 0 Å². The smallest absolute Gasteiger partial charge is 0.162 e. The first-order valence-corrected chi connectivity index (χ1v) is 6.52. The Morgan fingerprint density at radius 1 is 1.12 bits per heavy atom. The highest BCUT2D eigenvalue weighted by Gasteiger charge is 2.11. The molecule has 3 nitrogen and oxygen atoms in total. The number of fused-ring (bicyclic) bond motifs is 1. The Balaban J connectivity index is 1.90. The molecule has 0 aromatic heterocycles. The van der Waals surface area contributed by atoms with Gasteiger partial charge in [0, 0.05) is 11.5 Å². The molecule has 1 aromatic rings. The van der Waals surface area contributed by atoms with Crippen molar-refractivity contribution < 1.29 is 14.6 Å². The van der Waals surface area contributed by atoms with Gasteiger partial charge in [0.2, 0.25) is 0 Å². The third-order valence-corrected chi connectivity index (χ3v) is 3.41. The number of thioether (sulfide) groups is 1. The predicted molar refractivity (Wildman–Crippen MR) is 64.5 cm³/mol. The molecule has 0 aliphatic carbocycles. The lowest BCUT2D eigenvalue weighted by atomic mass is 10.3. The molecule has 0 spiro atoms. The summed E-state index contributed by atoms with van der Waals surface area (Å²) in [6.45, 7) is 1.54. The number of rotatable bonds is 5. The van der Waals surface area contributed by atoms with Gasteiger partial charge in [-0.2, -0.15) is 0 Å². The molecule has 2 rings (SSSR count). The van der Waals surface area contributed by atoms with Crippen LogP contribution in [0.5, 0.6) is 11.5 Å². The van der Waals surface area contributed by atoms with Crippen molar-refractivity contribution in [3.05, 3.63) is 18.2 Å². The minimum absolute atomic E-state index is 0.279. The number of hydrogen-bond acceptors (Lipinski definition) is 4. The number of ether oxygens (including phenoxy) is 2. The first-order chi connectivity index (χ1) is 7.90. The van der Waals surface area contributed by atoms with Crippen LogP contribution in [-0.2, 0) is 0 Å². The Kier molecular flexibility index (Phi) is 4.36. The molecular weight excluding hydrogens is 224 g/mol. The monoisotopic (exact) mass is 240 g/mol. The van der Waals surface area contributed by atoms with E-state index in [1.165, 1.54) is 4.90 Å². The Hall–Kier alpha value is -0.870. The number of hydrogen-bond donors (Lipinski definition) is 1. The molecule has 0 bridgehead atoms. The third kappa shape index (κ3) is 3.06. The standard InChI is InChI=1S/C12H16O3S/c13-5-1-2-8-16-10-3-4-11-12(9-10)15-7-6-14-11/h3-4,9,13H,1-2,5-8H2. The van der Waals surface area contributed by atoms with Crippen molar-refractivity contribution in [2.24, 2.45) is 0 Å². The van der Waals surface area contributed by atoms with Crippen LogP contribution in [0, 0.1) is 0 Å². The molecule has 4 heteroatoms. The van der Waals surface area contributed by atoms with Gasteiger partial charge in [0.25, 0.3) is 0 Å². The van der Waals surface area contributed by atoms with Gasteiger partial charge in [0.1, 0.15) is 13.2 Å². The maximum atomic E-state index is 8.68. The zero-order chi connectivity index (χ0) is 11.2. The fourth-order valence-electron chi connectivity index (χ4n) is 1.52. The topological polar surface area (TPSA) is 38.7 Å². The second kappa shape index (κ2) is 6.01. The van der Waals surface area contributed by atoms with E-state index in [1.54, 1.807) is 11.8 Å². The van der Waals surface area contributed by atoms with Crippen LogP contribution in [0.2, 0.25) is 0 Å². The van der Waals surface area contributed by atoms with Crippen molar-refractivity contribution >= 4 is 11.8 Å². The van der Waals surface area contributed by atoms with Crippen molar-refractivity contribution in [2.75, 3.05) is 25.6 Å². The summed E-state index contributed by atoms with van der Waals surface area (Å²) >= 11 is 1.79. The normalized spacial score (nSPS) is 13.8. The van der Waals surface area contributed by atoms with Crippen LogP contribution in [0.3, 0.4) is 0 Å². The second-order valence-electron chi connectivity index (χ2n) is 3.58. The lowest BCUT2D eigenvalue weighted by molar-refractivity contribution is 0.171. The van der Waals surface area contributed by atoms with Gasteiger partial charge in [-0.15, -0.1) is 11.8 Å². The number of aliphatic hydroxyl groups is 1. The maximum Gasteiger partial charge on any atom is 0.162 e. The zero-order valence-electron chi connectivity index (χ0n) is 9.15. The van der Waals surface area contributed by atoms with Gasteiger partial charge in [-0.25, -0.2) is 0 Å². The minimum atomic E-state index is 0.279. The predicted octanol–water partition coefficient (Wildman–Crippen LogP) is 2.32. The second-order valence-corrected chi connectivity index (χ2v) is 4.75.